The number of carbonyl (C=O) groups excluding carboxylic acids is 1. The number of anilines is 1. The Morgan fingerprint density at radius 3 is 2.48 bits per heavy atom. The molecule has 5 heteroatoms. The summed E-state index contributed by atoms with van der Waals surface area (Å²) in [5, 5.41) is 8.90. The van der Waals surface area contributed by atoms with Crippen molar-refractivity contribution in [3.05, 3.63) is 60.4 Å². The van der Waals surface area contributed by atoms with Crippen LogP contribution in [0.2, 0.25) is 0 Å². The van der Waals surface area contributed by atoms with Gasteiger partial charge in [-0.2, -0.15) is 5.26 Å². The standard InChI is InChI=1S/C20H24N4O/c1-17(23(2)16-11-18-9-13-22-14-10-18)20(25)24(15-6-12-21)19-7-4-3-5-8-19/h3-5,7-10,13-14,17H,6,11,15-16H2,1-2H3. The van der Waals surface area contributed by atoms with Crippen LogP contribution in [0.1, 0.15) is 18.9 Å². The van der Waals surface area contributed by atoms with E-state index in [0.717, 1.165) is 18.7 Å². The lowest BCUT2D eigenvalue weighted by Crippen LogP contribution is -2.46. The number of nitriles is 1. The van der Waals surface area contributed by atoms with Gasteiger partial charge in [0.25, 0.3) is 0 Å². The third-order valence-electron chi connectivity index (χ3n) is 4.30. The summed E-state index contributed by atoms with van der Waals surface area (Å²) in [6.07, 6.45) is 4.74. The number of hydrogen-bond acceptors (Lipinski definition) is 4. The van der Waals surface area contributed by atoms with E-state index in [2.05, 4.69) is 11.1 Å². The number of likely N-dealkylation sites (N-methyl/N-ethyl adjacent to an activating group) is 1. The van der Waals surface area contributed by atoms with Gasteiger partial charge in [0.2, 0.25) is 5.91 Å². The van der Waals surface area contributed by atoms with E-state index in [1.54, 1.807) is 17.3 Å². The van der Waals surface area contributed by atoms with Crippen LogP contribution < -0.4 is 4.90 Å². The van der Waals surface area contributed by atoms with E-state index in [0.29, 0.717) is 13.0 Å². The molecule has 1 atom stereocenters. The van der Waals surface area contributed by atoms with E-state index in [1.165, 1.54) is 5.56 Å². The number of para-hydroxylation sites is 1. The average Bonchev–Trinajstić information content (AvgIpc) is 2.67. The molecule has 0 bridgehead atoms. The van der Waals surface area contributed by atoms with Crippen molar-refractivity contribution in [3.63, 3.8) is 0 Å². The fourth-order valence-corrected chi connectivity index (χ4v) is 2.60. The predicted molar refractivity (Wildman–Crippen MR) is 99.1 cm³/mol. The Bertz CT molecular complexity index is 697. The van der Waals surface area contributed by atoms with Crippen LogP contribution >= 0.6 is 0 Å². The summed E-state index contributed by atoms with van der Waals surface area (Å²) in [6.45, 7) is 3.09. The first kappa shape index (κ1) is 18.6. The highest BCUT2D eigenvalue weighted by atomic mass is 16.2. The Morgan fingerprint density at radius 1 is 1.16 bits per heavy atom. The molecule has 2 rings (SSSR count). The number of nitrogens with zero attached hydrogens (tertiary/aromatic N) is 4. The molecule has 25 heavy (non-hydrogen) atoms. The molecule has 1 aromatic carbocycles. The number of aromatic nitrogens is 1. The van der Waals surface area contributed by atoms with Crippen molar-refractivity contribution in [1.82, 2.24) is 9.88 Å². The first-order chi connectivity index (χ1) is 12.1. The van der Waals surface area contributed by atoms with Gasteiger partial charge in [0, 0.05) is 31.2 Å². The van der Waals surface area contributed by atoms with Crippen LogP contribution in [0, 0.1) is 11.3 Å². The molecular weight excluding hydrogens is 312 g/mol. The third-order valence-corrected chi connectivity index (χ3v) is 4.30. The number of pyridine rings is 1. The zero-order chi connectivity index (χ0) is 18.1. The number of amides is 1. The van der Waals surface area contributed by atoms with E-state index < -0.39 is 0 Å². The number of carbonyl (C=O) groups is 1. The molecular formula is C20H24N4O. The van der Waals surface area contributed by atoms with E-state index in [1.807, 2.05) is 61.3 Å². The predicted octanol–water partition coefficient (Wildman–Crippen LogP) is 2.89. The van der Waals surface area contributed by atoms with Crippen molar-refractivity contribution in [2.45, 2.75) is 25.8 Å². The van der Waals surface area contributed by atoms with Crippen molar-refractivity contribution in [2.24, 2.45) is 0 Å². The first-order valence-corrected chi connectivity index (χ1v) is 8.46. The lowest BCUT2D eigenvalue weighted by Gasteiger charge is -2.30. The lowest BCUT2D eigenvalue weighted by atomic mass is 10.1. The van der Waals surface area contributed by atoms with Crippen molar-refractivity contribution in [2.75, 3.05) is 25.0 Å². The molecule has 1 aromatic heterocycles. The highest BCUT2D eigenvalue weighted by Gasteiger charge is 2.24. The maximum Gasteiger partial charge on any atom is 0.244 e. The van der Waals surface area contributed by atoms with Gasteiger partial charge in [0.15, 0.2) is 0 Å². The second kappa shape index (κ2) is 9.55. The van der Waals surface area contributed by atoms with Gasteiger partial charge in [-0.15, -0.1) is 0 Å². The number of rotatable bonds is 8. The molecule has 0 spiro atoms. The summed E-state index contributed by atoms with van der Waals surface area (Å²) in [5.74, 6) is 0.0127. The highest BCUT2D eigenvalue weighted by Crippen LogP contribution is 2.16. The van der Waals surface area contributed by atoms with Crippen LogP contribution in [0.15, 0.2) is 54.9 Å². The molecule has 0 saturated heterocycles. The van der Waals surface area contributed by atoms with Gasteiger partial charge in [-0.05, 0) is 50.2 Å². The van der Waals surface area contributed by atoms with Crippen LogP contribution in [0.4, 0.5) is 5.69 Å². The smallest absolute Gasteiger partial charge is 0.244 e. The minimum absolute atomic E-state index is 0.0127. The summed E-state index contributed by atoms with van der Waals surface area (Å²) in [5.41, 5.74) is 2.03. The summed E-state index contributed by atoms with van der Waals surface area (Å²) in [4.78, 5) is 20.7. The molecule has 0 radical (unpaired) electrons. The van der Waals surface area contributed by atoms with Crippen molar-refractivity contribution in [3.8, 4) is 6.07 Å². The average molecular weight is 336 g/mol. The largest absolute Gasteiger partial charge is 0.310 e. The van der Waals surface area contributed by atoms with Crippen LogP contribution in [0.5, 0.6) is 0 Å². The van der Waals surface area contributed by atoms with Gasteiger partial charge < -0.3 is 4.90 Å². The van der Waals surface area contributed by atoms with E-state index in [4.69, 9.17) is 5.26 Å². The lowest BCUT2D eigenvalue weighted by molar-refractivity contribution is -0.122. The van der Waals surface area contributed by atoms with Gasteiger partial charge >= 0.3 is 0 Å². The quantitative estimate of drug-likeness (QED) is 0.744. The monoisotopic (exact) mass is 336 g/mol. The summed E-state index contributed by atoms with van der Waals surface area (Å²) >= 11 is 0. The normalized spacial score (nSPS) is 11.8. The molecule has 0 N–H and O–H groups in total. The molecule has 1 unspecified atom stereocenters. The molecule has 130 valence electrons. The second-order valence-corrected chi connectivity index (χ2v) is 6.00. The highest BCUT2D eigenvalue weighted by molar-refractivity contribution is 5.96. The fraction of sp³-hybridized carbons (Fsp3) is 0.350. The van der Waals surface area contributed by atoms with Gasteiger partial charge in [0.1, 0.15) is 0 Å². The molecule has 0 aliphatic carbocycles. The third kappa shape index (κ3) is 5.40. The van der Waals surface area contributed by atoms with Gasteiger partial charge in [-0.25, -0.2) is 0 Å². The van der Waals surface area contributed by atoms with Gasteiger partial charge in [-0.1, -0.05) is 18.2 Å². The van der Waals surface area contributed by atoms with Crippen LogP contribution in [-0.4, -0.2) is 42.0 Å². The molecule has 1 heterocycles. The summed E-state index contributed by atoms with van der Waals surface area (Å²) < 4.78 is 0. The molecule has 0 aliphatic heterocycles. The molecule has 0 aliphatic rings. The number of benzene rings is 1. The minimum Gasteiger partial charge on any atom is -0.310 e. The van der Waals surface area contributed by atoms with Crippen molar-refractivity contribution in [1.29, 1.82) is 5.26 Å². The van der Waals surface area contributed by atoms with Gasteiger partial charge in [-0.3, -0.25) is 14.7 Å². The maximum absolute atomic E-state index is 13.0. The van der Waals surface area contributed by atoms with E-state index >= 15 is 0 Å². The topological polar surface area (TPSA) is 60.2 Å². The van der Waals surface area contributed by atoms with Crippen LogP contribution in [0.3, 0.4) is 0 Å². The van der Waals surface area contributed by atoms with Crippen LogP contribution in [-0.2, 0) is 11.2 Å². The second-order valence-electron chi connectivity index (χ2n) is 6.00. The SMILES string of the molecule is CC(C(=O)N(CCC#N)c1ccccc1)N(C)CCc1ccncc1. The first-order valence-electron chi connectivity index (χ1n) is 8.46. The fourth-order valence-electron chi connectivity index (χ4n) is 2.60. The Labute approximate surface area is 149 Å². The number of hydrogen-bond donors (Lipinski definition) is 0. The van der Waals surface area contributed by atoms with Crippen molar-refractivity contribution < 1.29 is 4.79 Å². The minimum atomic E-state index is -0.263. The summed E-state index contributed by atoms with van der Waals surface area (Å²) in [7, 11) is 1.96. The Kier molecular flexibility index (Phi) is 7.12. The van der Waals surface area contributed by atoms with E-state index in [-0.39, 0.29) is 11.9 Å². The Morgan fingerprint density at radius 2 is 1.84 bits per heavy atom. The van der Waals surface area contributed by atoms with Crippen LogP contribution in [0.25, 0.3) is 0 Å². The molecule has 5 nitrogen and oxygen atoms in total. The van der Waals surface area contributed by atoms with Crippen molar-refractivity contribution >= 4 is 11.6 Å². The molecule has 0 fully saturated rings. The zero-order valence-corrected chi connectivity index (χ0v) is 14.8. The summed E-state index contributed by atoms with van der Waals surface area (Å²) in [6, 6.07) is 15.4. The molecule has 2 aromatic rings. The molecule has 1 amide bonds. The Hall–Kier alpha value is -2.71. The molecule has 0 saturated carbocycles. The van der Waals surface area contributed by atoms with Gasteiger partial charge in [0.05, 0.1) is 18.5 Å². The maximum atomic E-state index is 13.0. The van der Waals surface area contributed by atoms with E-state index in [9.17, 15) is 4.79 Å². The Balaban J connectivity index is 2.02. The zero-order valence-electron chi connectivity index (χ0n) is 14.8.